The molecule has 0 radical (unpaired) electrons. The lowest BCUT2D eigenvalue weighted by Crippen LogP contribution is -2.76. The average Bonchev–Trinajstić information content (AvgIpc) is 3.76. The zero-order valence-corrected chi connectivity index (χ0v) is 30.0. The summed E-state index contributed by atoms with van der Waals surface area (Å²) in [5, 5.41) is 10.4. The standard InChI is InChI=1S/C48H31NOSSi/c1-2-12-35(13-3-1)52(36-26-24-34(25-27-36)49-41-17-7-4-14-37(41)38-15-5-8-18-42(38)49)47-21-11-9-19-43(47)50-44-31-33(23-29-48(44)52)32-22-28-46-40(30-32)39-16-6-10-20-45(39)51-46/h1-31H. The minimum absolute atomic E-state index is 0.938. The van der Waals surface area contributed by atoms with Crippen LogP contribution in [0.4, 0.5) is 0 Å². The Morgan fingerprint density at radius 2 is 0.981 bits per heavy atom. The topological polar surface area (TPSA) is 14.2 Å². The SMILES string of the molecule is c1ccc([Si]2(c3ccc(-n4c5ccccc5c5ccccc54)cc3)c3ccccc3Oc3cc(-c4ccc5sc6ccccc6c5c4)ccc32)cc1. The lowest BCUT2D eigenvalue weighted by atomic mass is 10.0. The van der Waals surface area contributed by atoms with Crippen LogP contribution in [-0.4, -0.2) is 12.6 Å². The summed E-state index contributed by atoms with van der Waals surface area (Å²) in [4.78, 5) is 0. The molecule has 2 aromatic heterocycles. The number of hydrogen-bond donors (Lipinski definition) is 0. The summed E-state index contributed by atoms with van der Waals surface area (Å²) in [6.45, 7) is 0. The van der Waals surface area contributed by atoms with Crippen LogP contribution < -0.4 is 25.5 Å². The van der Waals surface area contributed by atoms with Crippen LogP contribution >= 0.6 is 11.3 Å². The van der Waals surface area contributed by atoms with Gasteiger partial charge in [0.1, 0.15) is 11.5 Å². The van der Waals surface area contributed by atoms with Crippen molar-refractivity contribution in [3.63, 3.8) is 0 Å². The Kier molecular flexibility index (Phi) is 6.47. The number of para-hydroxylation sites is 3. The Morgan fingerprint density at radius 1 is 0.404 bits per heavy atom. The number of aromatic nitrogens is 1. The molecule has 0 spiro atoms. The first-order valence-electron chi connectivity index (χ1n) is 17.8. The second kappa shape index (κ2) is 11.4. The number of nitrogens with zero attached hydrogens (tertiary/aromatic N) is 1. The number of rotatable bonds is 4. The van der Waals surface area contributed by atoms with Crippen LogP contribution in [0.3, 0.4) is 0 Å². The molecule has 0 N–H and O–H groups in total. The zero-order valence-electron chi connectivity index (χ0n) is 28.2. The maximum absolute atomic E-state index is 6.89. The van der Waals surface area contributed by atoms with E-state index in [1.54, 1.807) is 0 Å². The molecule has 0 bridgehead atoms. The molecule has 0 fully saturated rings. The van der Waals surface area contributed by atoms with Gasteiger partial charge in [0.05, 0.1) is 11.0 Å². The zero-order chi connectivity index (χ0) is 34.2. The van der Waals surface area contributed by atoms with E-state index < -0.39 is 8.07 Å². The maximum Gasteiger partial charge on any atom is 0.188 e. The number of thiophene rings is 1. The summed E-state index contributed by atoms with van der Waals surface area (Å²) in [6, 6.07) is 69.2. The smallest absolute Gasteiger partial charge is 0.188 e. The summed E-state index contributed by atoms with van der Waals surface area (Å²) >= 11 is 1.86. The van der Waals surface area contributed by atoms with Crippen molar-refractivity contribution in [1.29, 1.82) is 0 Å². The molecule has 1 aliphatic rings. The van der Waals surface area contributed by atoms with Crippen LogP contribution in [0.2, 0.25) is 0 Å². The van der Waals surface area contributed by atoms with Gasteiger partial charge in [-0.05, 0) is 86.5 Å². The first-order chi connectivity index (χ1) is 25.8. The lowest BCUT2D eigenvalue weighted by molar-refractivity contribution is 0.487. The molecule has 0 saturated carbocycles. The van der Waals surface area contributed by atoms with Gasteiger partial charge in [0.25, 0.3) is 0 Å². The molecule has 3 heterocycles. The molecule has 0 amide bonds. The third-order valence-corrected chi connectivity index (χ3v) is 16.9. The molecule has 4 heteroatoms. The fraction of sp³-hybridized carbons (Fsp3) is 0. The number of fused-ring (bicyclic) bond motifs is 8. The van der Waals surface area contributed by atoms with Crippen LogP contribution in [0.1, 0.15) is 0 Å². The van der Waals surface area contributed by atoms with Gasteiger partial charge in [0, 0.05) is 36.6 Å². The predicted molar refractivity (Wildman–Crippen MR) is 223 cm³/mol. The minimum atomic E-state index is -2.82. The predicted octanol–water partition coefficient (Wildman–Crippen LogP) is 10.3. The highest BCUT2D eigenvalue weighted by molar-refractivity contribution is 7.25. The van der Waals surface area contributed by atoms with Crippen molar-refractivity contribution in [2.45, 2.75) is 0 Å². The second-order valence-electron chi connectivity index (χ2n) is 13.7. The first kappa shape index (κ1) is 29.5. The summed E-state index contributed by atoms with van der Waals surface area (Å²) < 4.78 is 11.9. The summed E-state index contributed by atoms with van der Waals surface area (Å²) in [5.74, 6) is 1.88. The van der Waals surface area contributed by atoms with E-state index in [2.05, 4.69) is 193 Å². The molecule has 1 atom stereocenters. The molecular weight excluding hydrogens is 667 g/mol. The number of ether oxygens (including phenoxy) is 1. The molecule has 1 aliphatic heterocycles. The largest absolute Gasteiger partial charge is 0.458 e. The van der Waals surface area contributed by atoms with E-state index in [4.69, 9.17) is 4.74 Å². The van der Waals surface area contributed by atoms with E-state index in [0.29, 0.717) is 0 Å². The van der Waals surface area contributed by atoms with E-state index in [9.17, 15) is 0 Å². The molecule has 1 unspecified atom stereocenters. The summed E-state index contributed by atoms with van der Waals surface area (Å²) in [5.41, 5.74) is 5.95. The van der Waals surface area contributed by atoms with Crippen molar-refractivity contribution in [3.05, 3.63) is 188 Å². The van der Waals surface area contributed by atoms with Crippen molar-refractivity contribution >= 4 is 82.1 Å². The van der Waals surface area contributed by atoms with E-state index in [-0.39, 0.29) is 0 Å². The van der Waals surface area contributed by atoms with Crippen molar-refractivity contribution in [3.8, 4) is 28.3 Å². The summed E-state index contributed by atoms with van der Waals surface area (Å²) in [6.07, 6.45) is 0. The molecule has 10 aromatic rings. The quantitative estimate of drug-likeness (QED) is 0.167. The third-order valence-electron chi connectivity index (χ3n) is 11.0. The Hall–Kier alpha value is -6.20. The normalized spacial score (nSPS) is 15.2. The van der Waals surface area contributed by atoms with Gasteiger partial charge in [-0.25, -0.2) is 0 Å². The molecule has 8 aromatic carbocycles. The average molecular weight is 698 g/mol. The van der Waals surface area contributed by atoms with E-state index >= 15 is 0 Å². The van der Waals surface area contributed by atoms with Gasteiger partial charge < -0.3 is 9.30 Å². The van der Waals surface area contributed by atoms with Gasteiger partial charge >= 0.3 is 0 Å². The molecule has 52 heavy (non-hydrogen) atoms. The Labute approximate surface area is 306 Å². The fourth-order valence-electron chi connectivity index (χ4n) is 8.67. The maximum atomic E-state index is 6.89. The van der Waals surface area contributed by atoms with Crippen LogP contribution in [0.25, 0.3) is 58.8 Å². The van der Waals surface area contributed by atoms with Crippen molar-refractivity contribution in [2.75, 3.05) is 0 Å². The van der Waals surface area contributed by atoms with Gasteiger partial charge in [0.2, 0.25) is 0 Å². The van der Waals surface area contributed by atoms with E-state index in [1.807, 2.05) is 11.3 Å². The number of hydrogen-bond acceptors (Lipinski definition) is 2. The first-order valence-corrected chi connectivity index (χ1v) is 20.6. The Morgan fingerprint density at radius 3 is 1.77 bits per heavy atom. The highest BCUT2D eigenvalue weighted by Gasteiger charge is 2.48. The monoisotopic (exact) mass is 697 g/mol. The third kappa shape index (κ3) is 4.22. The van der Waals surface area contributed by atoms with Crippen molar-refractivity contribution < 1.29 is 4.74 Å². The molecule has 244 valence electrons. The van der Waals surface area contributed by atoms with Gasteiger partial charge in [-0.3, -0.25) is 0 Å². The molecule has 0 saturated heterocycles. The van der Waals surface area contributed by atoms with Crippen molar-refractivity contribution in [2.24, 2.45) is 0 Å². The van der Waals surface area contributed by atoms with Gasteiger partial charge in [0.15, 0.2) is 8.07 Å². The van der Waals surface area contributed by atoms with Crippen molar-refractivity contribution in [1.82, 2.24) is 4.57 Å². The van der Waals surface area contributed by atoms with E-state index in [0.717, 1.165) is 22.7 Å². The number of benzene rings is 8. The second-order valence-corrected chi connectivity index (χ2v) is 18.5. The van der Waals surface area contributed by atoms with Crippen LogP contribution in [-0.2, 0) is 0 Å². The lowest BCUT2D eigenvalue weighted by Gasteiger charge is -2.39. The highest BCUT2D eigenvalue weighted by Crippen LogP contribution is 2.38. The molecule has 11 rings (SSSR count). The van der Waals surface area contributed by atoms with Gasteiger partial charge in [-0.15, -0.1) is 11.3 Å². The Bertz CT molecular complexity index is 2940. The fourth-order valence-corrected chi connectivity index (χ4v) is 14.7. The molecule has 0 aliphatic carbocycles. The van der Waals surface area contributed by atoms with Crippen LogP contribution in [0.5, 0.6) is 11.5 Å². The molecular formula is C48H31NOSSi. The van der Waals surface area contributed by atoms with Crippen LogP contribution in [0.15, 0.2) is 188 Å². The highest BCUT2D eigenvalue weighted by atomic mass is 32.1. The van der Waals surface area contributed by atoms with Gasteiger partial charge in [-0.1, -0.05) is 133 Å². The van der Waals surface area contributed by atoms with Gasteiger partial charge in [-0.2, -0.15) is 0 Å². The van der Waals surface area contributed by atoms with E-state index in [1.165, 1.54) is 68.3 Å². The van der Waals surface area contributed by atoms with Crippen LogP contribution in [0, 0.1) is 0 Å². The minimum Gasteiger partial charge on any atom is -0.458 e. The Balaban J connectivity index is 1.12. The molecule has 2 nitrogen and oxygen atoms in total. The summed E-state index contributed by atoms with van der Waals surface area (Å²) in [7, 11) is -2.82.